The van der Waals surface area contributed by atoms with Gasteiger partial charge in [0, 0.05) is 11.6 Å². The lowest BCUT2D eigenvalue weighted by Crippen LogP contribution is -2.32. The number of carbonyl (C=O) groups excluding carboxylic acids is 1. The number of amides is 1. The average Bonchev–Trinajstić information content (AvgIpc) is 3.10. The summed E-state index contributed by atoms with van der Waals surface area (Å²) in [5, 5.41) is 6.81. The van der Waals surface area contributed by atoms with Crippen molar-refractivity contribution in [1.82, 2.24) is 10.5 Å². The van der Waals surface area contributed by atoms with Crippen LogP contribution in [0.4, 0.5) is 0 Å². The fraction of sp³-hybridized carbons (Fsp3) is 0.333. The average molecular weight is 256 g/mol. The van der Waals surface area contributed by atoms with Crippen LogP contribution in [0, 0.1) is 0 Å². The molecule has 2 aromatic rings. The van der Waals surface area contributed by atoms with Gasteiger partial charge in [0.25, 0.3) is 5.91 Å². The molecule has 0 bridgehead atoms. The Morgan fingerprint density at radius 2 is 1.95 bits per heavy atom. The minimum atomic E-state index is -0.0907. The van der Waals surface area contributed by atoms with Crippen LogP contribution in [0.3, 0.4) is 0 Å². The lowest BCUT2D eigenvalue weighted by molar-refractivity contribution is 0.0938. The quantitative estimate of drug-likeness (QED) is 0.918. The van der Waals surface area contributed by atoms with E-state index in [0.717, 1.165) is 18.4 Å². The number of rotatable bonds is 3. The Balaban J connectivity index is 1.81. The van der Waals surface area contributed by atoms with E-state index in [0.29, 0.717) is 17.4 Å². The van der Waals surface area contributed by atoms with Crippen molar-refractivity contribution >= 4 is 5.91 Å². The third-order valence-corrected chi connectivity index (χ3v) is 3.54. The van der Waals surface area contributed by atoms with E-state index in [-0.39, 0.29) is 5.91 Å². The second-order valence-corrected chi connectivity index (χ2v) is 4.89. The first kappa shape index (κ1) is 12.0. The predicted octanol–water partition coefficient (Wildman–Crippen LogP) is 3.01. The Bertz CT molecular complexity index is 557. The van der Waals surface area contributed by atoms with Gasteiger partial charge in [0.05, 0.1) is 6.20 Å². The Labute approximate surface area is 111 Å². The predicted molar refractivity (Wildman–Crippen MR) is 71.7 cm³/mol. The van der Waals surface area contributed by atoms with Crippen LogP contribution in [-0.2, 0) is 0 Å². The highest BCUT2D eigenvalue weighted by Crippen LogP contribution is 2.24. The molecule has 1 heterocycles. The molecule has 1 aromatic heterocycles. The summed E-state index contributed by atoms with van der Waals surface area (Å²) in [5.74, 6) is 0.447. The zero-order chi connectivity index (χ0) is 13.1. The second-order valence-electron chi connectivity index (χ2n) is 4.89. The van der Waals surface area contributed by atoms with Crippen LogP contribution in [-0.4, -0.2) is 17.1 Å². The van der Waals surface area contributed by atoms with Gasteiger partial charge in [-0.3, -0.25) is 4.79 Å². The highest BCUT2D eigenvalue weighted by atomic mass is 16.5. The third-order valence-electron chi connectivity index (χ3n) is 3.54. The van der Waals surface area contributed by atoms with E-state index in [2.05, 4.69) is 10.5 Å². The molecule has 19 heavy (non-hydrogen) atoms. The second kappa shape index (κ2) is 5.26. The van der Waals surface area contributed by atoms with E-state index < -0.39 is 0 Å². The summed E-state index contributed by atoms with van der Waals surface area (Å²) in [6, 6.07) is 9.87. The van der Waals surface area contributed by atoms with Gasteiger partial charge in [-0.15, -0.1) is 0 Å². The van der Waals surface area contributed by atoms with E-state index in [1.54, 1.807) is 0 Å². The molecule has 1 amide bonds. The van der Waals surface area contributed by atoms with Crippen molar-refractivity contribution < 1.29 is 9.32 Å². The van der Waals surface area contributed by atoms with Gasteiger partial charge in [-0.1, -0.05) is 48.3 Å². The Morgan fingerprint density at radius 3 is 2.68 bits per heavy atom. The van der Waals surface area contributed by atoms with Crippen LogP contribution in [0.15, 0.2) is 41.1 Å². The van der Waals surface area contributed by atoms with Gasteiger partial charge in [0.1, 0.15) is 5.56 Å². The molecule has 1 saturated carbocycles. The fourth-order valence-electron chi connectivity index (χ4n) is 2.53. The largest absolute Gasteiger partial charge is 0.355 e. The topological polar surface area (TPSA) is 55.1 Å². The maximum absolute atomic E-state index is 12.2. The van der Waals surface area contributed by atoms with Crippen molar-refractivity contribution in [2.75, 3.05) is 0 Å². The van der Waals surface area contributed by atoms with Gasteiger partial charge in [-0.05, 0) is 12.8 Å². The number of hydrogen-bond acceptors (Lipinski definition) is 3. The first-order valence-electron chi connectivity index (χ1n) is 6.65. The van der Waals surface area contributed by atoms with Crippen molar-refractivity contribution in [3.63, 3.8) is 0 Å². The number of aromatic nitrogens is 1. The van der Waals surface area contributed by atoms with Crippen LogP contribution >= 0.6 is 0 Å². The van der Waals surface area contributed by atoms with Gasteiger partial charge in [0.2, 0.25) is 0 Å². The molecule has 0 unspecified atom stereocenters. The molecule has 3 rings (SSSR count). The number of benzene rings is 1. The minimum Gasteiger partial charge on any atom is -0.355 e. The molecule has 0 atom stereocenters. The summed E-state index contributed by atoms with van der Waals surface area (Å²) in [4.78, 5) is 12.2. The first-order chi connectivity index (χ1) is 9.34. The highest BCUT2D eigenvalue weighted by Gasteiger charge is 2.22. The van der Waals surface area contributed by atoms with Crippen LogP contribution in [0.5, 0.6) is 0 Å². The molecular weight excluding hydrogens is 240 g/mol. The van der Waals surface area contributed by atoms with Crippen molar-refractivity contribution in [2.45, 2.75) is 31.7 Å². The van der Waals surface area contributed by atoms with E-state index >= 15 is 0 Å². The van der Waals surface area contributed by atoms with Gasteiger partial charge in [-0.2, -0.15) is 0 Å². The molecule has 1 aliphatic carbocycles. The molecule has 1 aromatic carbocycles. The van der Waals surface area contributed by atoms with Crippen molar-refractivity contribution in [2.24, 2.45) is 0 Å². The van der Waals surface area contributed by atoms with Crippen LogP contribution in [0.1, 0.15) is 36.0 Å². The molecule has 0 radical (unpaired) electrons. The number of nitrogens with one attached hydrogen (secondary N) is 1. The summed E-state index contributed by atoms with van der Waals surface area (Å²) < 4.78 is 5.23. The van der Waals surface area contributed by atoms with Gasteiger partial charge < -0.3 is 9.84 Å². The lowest BCUT2D eigenvalue weighted by atomic mass is 10.1. The number of hydrogen-bond donors (Lipinski definition) is 1. The zero-order valence-corrected chi connectivity index (χ0v) is 10.6. The van der Waals surface area contributed by atoms with Crippen molar-refractivity contribution in [3.8, 4) is 11.3 Å². The SMILES string of the molecule is O=C(NC1CCCC1)c1cnoc1-c1ccccc1. The summed E-state index contributed by atoms with van der Waals surface area (Å²) >= 11 is 0. The molecule has 1 fully saturated rings. The highest BCUT2D eigenvalue weighted by molar-refractivity contribution is 5.99. The molecule has 0 saturated heterocycles. The summed E-state index contributed by atoms with van der Waals surface area (Å²) in [6.45, 7) is 0. The number of carbonyl (C=O) groups is 1. The molecule has 1 aliphatic rings. The lowest BCUT2D eigenvalue weighted by Gasteiger charge is -2.11. The van der Waals surface area contributed by atoms with E-state index in [4.69, 9.17) is 4.52 Å². The Morgan fingerprint density at radius 1 is 1.21 bits per heavy atom. The molecule has 4 nitrogen and oxygen atoms in total. The van der Waals surface area contributed by atoms with E-state index in [1.807, 2.05) is 30.3 Å². The van der Waals surface area contributed by atoms with E-state index in [9.17, 15) is 4.79 Å². The Kier molecular flexibility index (Phi) is 3.31. The first-order valence-corrected chi connectivity index (χ1v) is 6.65. The maximum Gasteiger partial charge on any atom is 0.257 e. The fourth-order valence-corrected chi connectivity index (χ4v) is 2.53. The summed E-state index contributed by atoms with van der Waals surface area (Å²) in [7, 11) is 0. The van der Waals surface area contributed by atoms with Gasteiger partial charge >= 0.3 is 0 Å². The smallest absolute Gasteiger partial charge is 0.257 e. The van der Waals surface area contributed by atoms with E-state index in [1.165, 1.54) is 19.0 Å². The van der Waals surface area contributed by atoms with Crippen LogP contribution in [0.25, 0.3) is 11.3 Å². The van der Waals surface area contributed by atoms with Gasteiger partial charge in [0.15, 0.2) is 5.76 Å². The zero-order valence-electron chi connectivity index (χ0n) is 10.6. The van der Waals surface area contributed by atoms with Crippen molar-refractivity contribution in [3.05, 3.63) is 42.1 Å². The normalized spacial score (nSPS) is 15.6. The third kappa shape index (κ3) is 2.52. The molecule has 1 N–H and O–H groups in total. The molecule has 0 spiro atoms. The monoisotopic (exact) mass is 256 g/mol. The molecule has 98 valence electrons. The maximum atomic E-state index is 12.2. The van der Waals surface area contributed by atoms with Crippen LogP contribution in [0.2, 0.25) is 0 Å². The van der Waals surface area contributed by atoms with Crippen molar-refractivity contribution in [1.29, 1.82) is 0 Å². The standard InChI is InChI=1S/C15H16N2O2/c18-15(17-12-8-4-5-9-12)13-10-16-19-14(13)11-6-2-1-3-7-11/h1-3,6-7,10,12H,4-5,8-9H2,(H,17,18). The summed E-state index contributed by atoms with van der Waals surface area (Å²) in [5.41, 5.74) is 1.38. The van der Waals surface area contributed by atoms with Gasteiger partial charge in [-0.25, -0.2) is 0 Å². The molecule has 0 aliphatic heterocycles. The Hall–Kier alpha value is -2.10. The minimum absolute atomic E-state index is 0.0907. The summed E-state index contributed by atoms with van der Waals surface area (Å²) in [6.07, 6.45) is 6.02. The number of nitrogens with zero attached hydrogens (tertiary/aromatic N) is 1. The van der Waals surface area contributed by atoms with Crippen LogP contribution < -0.4 is 5.32 Å². The molecule has 4 heteroatoms. The molecular formula is C15H16N2O2.